The average molecular weight is 490 g/mol. The highest BCUT2D eigenvalue weighted by Crippen LogP contribution is 2.42. The van der Waals surface area contributed by atoms with Gasteiger partial charge < -0.3 is 4.90 Å². The molecule has 0 amide bonds. The molecular formula is C26H23F5N2O2. The van der Waals surface area contributed by atoms with Crippen LogP contribution in [-0.4, -0.2) is 28.6 Å². The summed E-state index contributed by atoms with van der Waals surface area (Å²) in [5.41, 5.74) is -2.26. The van der Waals surface area contributed by atoms with Crippen LogP contribution in [0.25, 0.3) is 0 Å². The second-order valence-electron chi connectivity index (χ2n) is 9.52. The van der Waals surface area contributed by atoms with Crippen molar-refractivity contribution < 1.29 is 31.5 Å². The largest absolute Gasteiger partial charge is 0.433 e. The van der Waals surface area contributed by atoms with Gasteiger partial charge in [0.25, 0.3) is 5.92 Å². The van der Waals surface area contributed by atoms with Crippen molar-refractivity contribution in [2.75, 3.05) is 4.90 Å². The smallest absolute Gasteiger partial charge is 0.351 e. The topological polar surface area (TPSA) is 50.3 Å². The van der Waals surface area contributed by atoms with Crippen molar-refractivity contribution in [3.8, 4) is 0 Å². The average Bonchev–Trinajstić information content (AvgIpc) is 3.38. The summed E-state index contributed by atoms with van der Waals surface area (Å²) in [6.45, 7) is 0.658. The van der Waals surface area contributed by atoms with Gasteiger partial charge in [-0.15, -0.1) is 0 Å². The molecule has 0 spiro atoms. The van der Waals surface area contributed by atoms with E-state index in [1.54, 1.807) is 0 Å². The van der Waals surface area contributed by atoms with Gasteiger partial charge in [0.2, 0.25) is 0 Å². The minimum Gasteiger partial charge on any atom is -0.351 e. The molecule has 1 aromatic heterocycles. The zero-order valence-electron chi connectivity index (χ0n) is 19.0. The van der Waals surface area contributed by atoms with Crippen LogP contribution < -0.4 is 4.90 Å². The second kappa shape index (κ2) is 8.24. The SMILES string of the molecule is CC(F)(F)c1cccc2c1C(=O)C(C(=O)Cc1ccc(N3C4CCC3CC4)nc1C(F)(F)F)=CC2. The zero-order chi connectivity index (χ0) is 25.1. The number of Topliss-reactive ketones (excluding diaryl/α,β-unsaturated/α-hetero) is 2. The van der Waals surface area contributed by atoms with Gasteiger partial charge >= 0.3 is 6.18 Å². The molecular weight excluding hydrogens is 467 g/mol. The Labute approximate surface area is 198 Å². The molecule has 2 fully saturated rings. The molecule has 184 valence electrons. The Morgan fingerprint density at radius 2 is 1.69 bits per heavy atom. The number of benzene rings is 1. The van der Waals surface area contributed by atoms with Gasteiger partial charge in [0.05, 0.1) is 5.57 Å². The number of ketones is 2. The molecule has 3 aliphatic rings. The van der Waals surface area contributed by atoms with Crippen molar-refractivity contribution in [3.63, 3.8) is 0 Å². The maximum absolute atomic E-state index is 14.1. The third-order valence-electron chi connectivity index (χ3n) is 7.22. The minimum atomic E-state index is -4.79. The number of hydrogen-bond donors (Lipinski definition) is 0. The van der Waals surface area contributed by atoms with E-state index in [4.69, 9.17) is 0 Å². The number of allylic oxidation sites excluding steroid dienone is 2. The molecule has 35 heavy (non-hydrogen) atoms. The third kappa shape index (κ3) is 4.15. The van der Waals surface area contributed by atoms with Crippen molar-refractivity contribution in [3.05, 3.63) is 69.9 Å². The van der Waals surface area contributed by atoms with Crippen LogP contribution in [0.5, 0.6) is 0 Å². The molecule has 2 aliphatic heterocycles. The molecule has 0 saturated carbocycles. The molecule has 0 N–H and O–H groups in total. The Morgan fingerprint density at radius 3 is 2.29 bits per heavy atom. The summed E-state index contributed by atoms with van der Waals surface area (Å²) in [4.78, 5) is 31.9. The van der Waals surface area contributed by atoms with Gasteiger partial charge in [0, 0.05) is 36.6 Å². The van der Waals surface area contributed by atoms with E-state index in [-0.39, 0.29) is 41.0 Å². The number of hydrogen-bond acceptors (Lipinski definition) is 4. The summed E-state index contributed by atoms with van der Waals surface area (Å²) in [5, 5.41) is 0. The Kier molecular flexibility index (Phi) is 5.56. The predicted molar refractivity (Wildman–Crippen MR) is 119 cm³/mol. The van der Waals surface area contributed by atoms with Gasteiger partial charge in [-0.1, -0.05) is 30.3 Å². The number of fused-ring (bicyclic) bond motifs is 3. The highest BCUT2D eigenvalue weighted by Gasteiger charge is 2.42. The molecule has 1 aromatic carbocycles. The van der Waals surface area contributed by atoms with E-state index in [9.17, 15) is 31.5 Å². The van der Waals surface area contributed by atoms with Crippen LogP contribution in [-0.2, 0) is 29.7 Å². The van der Waals surface area contributed by atoms with E-state index >= 15 is 0 Å². The van der Waals surface area contributed by atoms with Gasteiger partial charge in [-0.05, 0) is 49.3 Å². The number of carbonyl (C=O) groups is 2. The fourth-order valence-electron chi connectivity index (χ4n) is 5.65. The predicted octanol–water partition coefficient (Wildman–Crippen LogP) is 5.82. The normalized spacial score (nSPS) is 21.8. The minimum absolute atomic E-state index is 0.0626. The van der Waals surface area contributed by atoms with Crippen molar-refractivity contribution in [1.82, 2.24) is 4.98 Å². The van der Waals surface area contributed by atoms with Gasteiger partial charge in [-0.2, -0.15) is 13.2 Å². The summed E-state index contributed by atoms with van der Waals surface area (Å²) >= 11 is 0. The first-order valence-corrected chi connectivity index (χ1v) is 11.6. The first-order valence-electron chi connectivity index (χ1n) is 11.6. The van der Waals surface area contributed by atoms with Crippen LogP contribution in [0.2, 0.25) is 0 Å². The summed E-state index contributed by atoms with van der Waals surface area (Å²) in [6, 6.07) is 7.16. The maximum Gasteiger partial charge on any atom is 0.433 e. The van der Waals surface area contributed by atoms with Crippen LogP contribution >= 0.6 is 0 Å². The molecule has 1 aliphatic carbocycles. The third-order valence-corrected chi connectivity index (χ3v) is 7.22. The Balaban J connectivity index is 1.45. The number of anilines is 1. The molecule has 2 aromatic rings. The second-order valence-corrected chi connectivity index (χ2v) is 9.52. The Morgan fingerprint density at radius 1 is 1.03 bits per heavy atom. The number of pyridine rings is 1. The lowest BCUT2D eigenvalue weighted by atomic mass is 9.83. The number of aromatic nitrogens is 1. The first-order chi connectivity index (χ1) is 16.4. The monoisotopic (exact) mass is 490 g/mol. The lowest BCUT2D eigenvalue weighted by molar-refractivity contribution is -0.141. The van der Waals surface area contributed by atoms with Gasteiger partial charge in [-0.3, -0.25) is 9.59 Å². The van der Waals surface area contributed by atoms with E-state index in [2.05, 4.69) is 4.98 Å². The maximum atomic E-state index is 14.1. The van der Waals surface area contributed by atoms with Gasteiger partial charge in [-0.25, -0.2) is 13.8 Å². The van der Waals surface area contributed by atoms with Crippen LogP contribution in [0.15, 0.2) is 42.0 Å². The van der Waals surface area contributed by atoms with E-state index in [1.807, 2.05) is 4.90 Å². The van der Waals surface area contributed by atoms with E-state index in [0.717, 1.165) is 31.7 Å². The highest BCUT2D eigenvalue weighted by atomic mass is 19.4. The van der Waals surface area contributed by atoms with E-state index in [1.165, 1.54) is 30.3 Å². The molecule has 2 bridgehead atoms. The Bertz CT molecular complexity index is 1230. The number of nitrogens with zero attached hydrogens (tertiary/aromatic N) is 2. The van der Waals surface area contributed by atoms with Crippen molar-refractivity contribution in [1.29, 1.82) is 0 Å². The molecule has 0 radical (unpaired) electrons. The summed E-state index contributed by atoms with van der Waals surface area (Å²) in [6.07, 6.45) is -0.440. The zero-order valence-corrected chi connectivity index (χ0v) is 19.0. The van der Waals surface area contributed by atoms with Gasteiger partial charge in [0.15, 0.2) is 11.6 Å². The molecule has 4 nitrogen and oxygen atoms in total. The van der Waals surface area contributed by atoms with Crippen molar-refractivity contribution in [2.24, 2.45) is 0 Å². The number of halogens is 5. The van der Waals surface area contributed by atoms with Crippen LogP contribution in [0.3, 0.4) is 0 Å². The lowest BCUT2D eigenvalue weighted by Gasteiger charge is -2.25. The summed E-state index contributed by atoms with van der Waals surface area (Å²) < 4.78 is 70.0. The first kappa shape index (κ1) is 23.6. The highest BCUT2D eigenvalue weighted by molar-refractivity contribution is 6.28. The van der Waals surface area contributed by atoms with Crippen LogP contribution in [0.1, 0.15) is 65.3 Å². The fraction of sp³-hybridized carbons (Fsp3) is 0.423. The standard InChI is InChI=1S/C26H23F5N2O2/c1-25(27,28)19-4-2-3-14-5-11-18(23(35)22(14)19)20(34)13-15-6-12-21(32-24(15)26(29,30)31)33-16-7-8-17(33)10-9-16/h2-4,6,11-12,16-17H,5,7-10,13H2,1H3. The van der Waals surface area contributed by atoms with Crippen molar-refractivity contribution in [2.45, 2.75) is 69.6 Å². The molecule has 3 heterocycles. The number of rotatable bonds is 5. The van der Waals surface area contributed by atoms with Crippen molar-refractivity contribution >= 4 is 17.4 Å². The van der Waals surface area contributed by atoms with Gasteiger partial charge in [0.1, 0.15) is 11.5 Å². The Hall–Kier alpha value is -3.10. The summed E-state index contributed by atoms with van der Waals surface area (Å²) in [7, 11) is 0. The van der Waals surface area contributed by atoms with Crippen LogP contribution in [0, 0.1) is 0 Å². The molecule has 0 unspecified atom stereocenters. The molecule has 9 heteroatoms. The molecule has 0 atom stereocenters. The fourth-order valence-corrected chi connectivity index (χ4v) is 5.65. The quantitative estimate of drug-likeness (QED) is 0.392. The van der Waals surface area contributed by atoms with Crippen LogP contribution in [0.4, 0.5) is 27.8 Å². The molecule has 5 rings (SSSR count). The van der Waals surface area contributed by atoms with E-state index in [0.29, 0.717) is 12.5 Å². The lowest BCUT2D eigenvalue weighted by Crippen LogP contribution is -2.30. The number of carbonyl (C=O) groups excluding carboxylic acids is 2. The summed E-state index contributed by atoms with van der Waals surface area (Å²) in [5.74, 6) is -4.81. The molecule has 2 saturated heterocycles. The van der Waals surface area contributed by atoms with E-state index < -0.39 is 41.3 Å². The number of alkyl halides is 5.